The van der Waals surface area contributed by atoms with E-state index in [1.54, 1.807) is 12.1 Å². The molecule has 0 unspecified atom stereocenters. The summed E-state index contributed by atoms with van der Waals surface area (Å²) >= 11 is 0. The first kappa shape index (κ1) is 8.71. The van der Waals surface area contributed by atoms with Crippen molar-refractivity contribution in [2.75, 3.05) is 0 Å². The number of rotatable bonds is 1. The fraction of sp³-hybridized carbons (Fsp3) is 0.111. The van der Waals surface area contributed by atoms with Gasteiger partial charge in [0.1, 0.15) is 5.65 Å². The van der Waals surface area contributed by atoms with Crippen LogP contribution in [0.4, 0.5) is 0 Å². The fourth-order valence-electron chi connectivity index (χ4n) is 1.32. The summed E-state index contributed by atoms with van der Waals surface area (Å²) in [6, 6.07) is 4.58. The molecule has 0 spiro atoms. The van der Waals surface area contributed by atoms with Crippen molar-refractivity contribution in [3.63, 3.8) is 0 Å². The Kier molecular flexibility index (Phi) is 1.94. The zero-order chi connectivity index (χ0) is 10.1. The van der Waals surface area contributed by atoms with Crippen LogP contribution in [0.25, 0.3) is 5.65 Å². The van der Waals surface area contributed by atoms with Crippen molar-refractivity contribution >= 4 is 5.65 Å². The monoisotopic (exact) mass is 191 g/mol. The van der Waals surface area contributed by atoms with E-state index in [0.29, 0.717) is 11.2 Å². The van der Waals surface area contributed by atoms with Gasteiger partial charge in [-0.3, -0.25) is 9.59 Å². The predicted molar refractivity (Wildman–Crippen MR) is 52.2 cm³/mol. The summed E-state index contributed by atoms with van der Waals surface area (Å²) in [6.45, 7) is 0.118. The quantitative estimate of drug-likeness (QED) is 0.634. The first-order valence-corrected chi connectivity index (χ1v) is 4.16. The molecular formula is C9H9N3O2. The number of hydrogen-bond acceptors (Lipinski definition) is 3. The highest BCUT2D eigenvalue weighted by Crippen LogP contribution is 1.92. The Bertz CT molecular complexity index is 582. The molecule has 5 nitrogen and oxygen atoms in total. The molecule has 0 radical (unpaired) electrons. The molecule has 3 N–H and O–H groups in total. The van der Waals surface area contributed by atoms with Crippen LogP contribution in [-0.2, 0) is 6.54 Å². The van der Waals surface area contributed by atoms with E-state index in [-0.39, 0.29) is 17.7 Å². The molecule has 0 aromatic carbocycles. The van der Waals surface area contributed by atoms with Gasteiger partial charge in [-0.1, -0.05) is 6.07 Å². The van der Waals surface area contributed by atoms with E-state index < -0.39 is 0 Å². The van der Waals surface area contributed by atoms with Gasteiger partial charge >= 0.3 is 0 Å². The van der Waals surface area contributed by atoms with Crippen LogP contribution in [0.1, 0.15) is 5.56 Å². The molecule has 0 aliphatic heterocycles. The largest absolute Gasteiger partial charge is 0.347 e. The topological polar surface area (TPSA) is 80.4 Å². The Labute approximate surface area is 78.8 Å². The molecule has 14 heavy (non-hydrogen) atoms. The number of fused-ring (bicyclic) bond motifs is 1. The van der Waals surface area contributed by atoms with Gasteiger partial charge < -0.3 is 10.7 Å². The van der Waals surface area contributed by atoms with Crippen molar-refractivity contribution in [2.45, 2.75) is 6.54 Å². The van der Waals surface area contributed by atoms with E-state index in [2.05, 4.69) is 4.98 Å². The molecule has 5 heteroatoms. The number of nitrogens with one attached hydrogen (secondary N) is 1. The maximum absolute atomic E-state index is 11.6. The Morgan fingerprint density at radius 1 is 1.36 bits per heavy atom. The molecule has 0 aliphatic rings. The van der Waals surface area contributed by atoms with Crippen molar-refractivity contribution in [2.24, 2.45) is 5.73 Å². The average Bonchev–Trinajstić information content (AvgIpc) is 2.18. The number of nitrogens with zero attached hydrogens (tertiary/aromatic N) is 1. The van der Waals surface area contributed by atoms with E-state index in [1.807, 2.05) is 0 Å². The molecule has 0 saturated heterocycles. The second-order valence-corrected chi connectivity index (χ2v) is 2.91. The zero-order valence-electron chi connectivity index (χ0n) is 7.36. The molecule has 72 valence electrons. The smallest absolute Gasteiger partial charge is 0.265 e. The van der Waals surface area contributed by atoms with Crippen LogP contribution in [0.3, 0.4) is 0 Å². The molecule has 0 amide bonds. The number of H-pyrrole nitrogens is 1. The predicted octanol–water partition coefficient (Wildman–Crippen LogP) is -0.553. The van der Waals surface area contributed by atoms with Gasteiger partial charge in [-0.15, -0.1) is 0 Å². The molecule has 2 rings (SSSR count). The Hall–Kier alpha value is -1.88. The Balaban J connectivity index is 3.02. The maximum atomic E-state index is 11.6. The molecule has 0 aliphatic carbocycles. The molecule has 0 bridgehead atoms. The maximum Gasteiger partial charge on any atom is 0.265 e. The van der Waals surface area contributed by atoms with Gasteiger partial charge in [0, 0.05) is 24.4 Å². The molecule has 0 atom stereocenters. The number of pyridine rings is 1. The summed E-state index contributed by atoms with van der Waals surface area (Å²) in [5.41, 5.74) is 5.52. The van der Waals surface area contributed by atoms with Crippen molar-refractivity contribution in [3.05, 3.63) is 50.7 Å². The highest BCUT2D eigenvalue weighted by molar-refractivity contribution is 5.37. The van der Waals surface area contributed by atoms with Crippen LogP contribution in [0, 0.1) is 0 Å². The highest BCUT2D eigenvalue weighted by Gasteiger charge is 2.03. The van der Waals surface area contributed by atoms with Gasteiger partial charge in [-0.2, -0.15) is 0 Å². The van der Waals surface area contributed by atoms with Crippen LogP contribution in [0.2, 0.25) is 0 Å². The number of aromatic nitrogens is 2. The van der Waals surface area contributed by atoms with Gasteiger partial charge in [0.05, 0.1) is 0 Å². The van der Waals surface area contributed by atoms with E-state index in [0.717, 1.165) is 4.40 Å². The molecule has 0 saturated carbocycles. The Morgan fingerprint density at radius 3 is 2.86 bits per heavy atom. The van der Waals surface area contributed by atoms with Crippen LogP contribution < -0.4 is 16.9 Å². The zero-order valence-corrected chi connectivity index (χ0v) is 7.36. The standard InChI is InChI=1S/C9H9N3O2/c10-4-6-5-11-7-2-1-3-8(13)12(7)9(6)14/h1-3,5,11H,4,10H2. The minimum atomic E-state index is -0.355. The number of hydrogen-bond donors (Lipinski definition) is 2. The lowest BCUT2D eigenvalue weighted by Gasteiger charge is -2.01. The summed E-state index contributed by atoms with van der Waals surface area (Å²) in [5, 5.41) is 0. The van der Waals surface area contributed by atoms with Crippen LogP contribution >= 0.6 is 0 Å². The normalized spacial score (nSPS) is 10.6. The van der Waals surface area contributed by atoms with Crippen LogP contribution in [0.15, 0.2) is 34.0 Å². The molecule has 0 fully saturated rings. The third-order valence-corrected chi connectivity index (χ3v) is 2.05. The van der Waals surface area contributed by atoms with Gasteiger partial charge in [0.25, 0.3) is 11.1 Å². The van der Waals surface area contributed by atoms with E-state index in [1.165, 1.54) is 12.3 Å². The molecule has 2 aromatic rings. The summed E-state index contributed by atoms with van der Waals surface area (Å²) in [5.74, 6) is 0. The van der Waals surface area contributed by atoms with Gasteiger partial charge in [-0.25, -0.2) is 4.40 Å². The summed E-state index contributed by atoms with van der Waals surface area (Å²) in [4.78, 5) is 25.8. The van der Waals surface area contributed by atoms with Crippen molar-refractivity contribution < 1.29 is 0 Å². The summed E-state index contributed by atoms with van der Waals surface area (Å²) in [6.07, 6.45) is 1.52. The van der Waals surface area contributed by atoms with E-state index in [4.69, 9.17) is 5.73 Å². The molecule has 2 heterocycles. The second-order valence-electron chi connectivity index (χ2n) is 2.91. The van der Waals surface area contributed by atoms with Crippen molar-refractivity contribution in [1.29, 1.82) is 0 Å². The van der Waals surface area contributed by atoms with Crippen LogP contribution in [-0.4, -0.2) is 9.38 Å². The Morgan fingerprint density at radius 2 is 2.14 bits per heavy atom. The van der Waals surface area contributed by atoms with Gasteiger partial charge in [-0.05, 0) is 6.07 Å². The lowest BCUT2D eigenvalue weighted by molar-refractivity contribution is 0.924. The lowest BCUT2D eigenvalue weighted by atomic mass is 10.3. The third-order valence-electron chi connectivity index (χ3n) is 2.05. The summed E-state index contributed by atoms with van der Waals surface area (Å²) < 4.78 is 1.07. The minimum absolute atomic E-state index is 0.118. The average molecular weight is 191 g/mol. The SMILES string of the molecule is NCc1c[nH]c2cccc(=O)n2c1=O. The first-order valence-electron chi connectivity index (χ1n) is 4.16. The first-order chi connectivity index (χ1) is 6.74. The van der Waals surface area contributed by atoms with Crippen molar-refractivity contribution in [1.82, 2.24) is 9.38 Å². The molecule has 2 aromatic heterocycles. The highest BCUT2D eigenvalue weighted by atomic mass is 16.2. The fourth-order valence-corrected chi connectivity index (χ4v) is 1.32. The minimum Gasteiger partial charge on any atom is -0.347 e. The lowest BCUT2D eigenvalue weighted by Crippen LogP contribution is -2.29. The van der Waals surface area contributed by atoms with E-state index in [9.17, 15) is 9.59 Å². The number of nitrogens with two attached hydrogens (primary N) is 1. The van der Waals surface area contributed by atoms with Gasteiger partial charge in [0.2, 0.25) is 0 Å². The van der Waals surface area contributed by atoms with Gasteiger partial charge in [0.15, 0.2) is 0 Å². The van der Waals surface area contributed by atoms with Crippen molar-refractivity contribution in [3.8, 4) is 0 Å². The number of aromatic amines is 1. The summed E-state index contributed by atoms with van der Waals surface area (Å²) in [7, 11) is 0. The molecular weight excluding hydrogens is 182 g/mol. The van der Waals surface area contributed by atoms with Crippen LogP contribution in [0.5, 0.6) is 0 Å². The van der Waals surface area contributed by atoms with E-state index >= 15 is 0 Å². The third kappa shape index (κ3) is 1.14. The second kappa shape index (κ2) is 3.12.